The van der Waals surface area contributed by atoms with Crippen molar-refractivity contribution in [3.63, 3.8) is 0 Å². The zero-order valence-corrected chi connectivity index (χ0v) is 25.5. The second kappa shape index (κ2) is 12.7. The van der Waals surface area contributed by atoms with Crippen LogP contribution in [0, 0.1) is 11.3 Å². The third-order valence-corrected chi connectivity index (χ3v) is 8.10. The summed E-state index contributed by atoms with van der Waals surface area (Å²) in [5, 5.41) is 20.1. The molecule has 0 bridgehead atoms. The molecule has 10 heteroatoms. The molecule has 3 aromatic carbocycles. The number of carboxylic acid groups (broad SMARTS) is 1. The first-order valence-corrected chi connectivity index (χ1v) is 14.4. The minimum absolute atomic E-state index is 0.0338. The van der Waals surface area contributed by atoms with E-state index in [-0.39, 0.29) is 30.8 Å². The van der Waals surface area contributed by atoms with E-state index in [1.807, 2.05) is 54.6 Å². The fourth-order valence-corrected chi connectivity index (χ4v) is 5.30. The van der Waals surface area contributed by atoms with Gasteiger partial charge in [-0.3, -0.25) is 24.7 Å². The third-order valence-electron chi connectivity index (χ3n) is 8.10. The average Bonchev–Trinajstić information content (AvgIpc) is 3.16. The number of amidine groups is 1. The van der Waals surface area contributed by atoms with Gasteiger partial charge >= 0.3 is 12.0 Å². The van der Waals surface area contributed by atoms with Crippen molar-refractivity contribution in [3.8, 4) is 0 Å². The van der Waals surface area contributed by atoms with Crippen molar-refractivity contribution in [2.45, 2.75) is 51.6 Å². The van der Waals surface area contributed by atoms with Gasteiger partial charge in [0.2, 0.25) is 5.91 Å². The quantitative estimate of drug-likeness (QED) is 0.149. The van der Waals surface area contributed by atoms with E-state index in [4.69, 9.17) is 11.1 Å². The molecule has 0 saturated carbocycles. The van der Waals surface area contributed by atoms with E-state index in [9.17, 15) is 24.3 Å². The van der Waals surface area contributed by atoms with Gasteiger partial charge in [-0.25, -0.2) is 4.79 Å². The molecular weight excluding hydrogens is 558 g/mol. The minimum atomic E-state index is -1.44. The summed E-state index contributed by atoms with van der Waals surface area (Å²) in [5.41, 5.74) is 7.85. The molecule has 2 unspecified atom stereocenters. The highest BCUT2D eigenvalue weighted by Gasteiger charge is 2.55. The van der Waals surface area contributed by atoms with Gasteiger partial charge in [0.15, 0.2) is 0 Å². The van der Waals surface area contributed by atoms with E-state index in [0.29, 0.717) is 11.1 Å². The molecule has 1 saturated heterocycles. The summed E-state index contributed by atoms with van der Waals surface area (Å²) in [6.45, 7) is 7.31. The van der Waals surface area contributed by atoms with Gasteiger partial charge in [0, 0.05) is 18.7 Å². The van der Waals surface area contributed by atoms with Crippen LogP contribution in [-0.2, 0) is 38.3 Å². The number of aliphatic carboxylic acids is 1. The lowest BCUT2D eigenvalue weighted by atomic mass is 9.86. The number of carboxylic acids is 1. The molecule has 1 aliphatic rings. The molecule has 1 aliphatic heterocycles. The van der Waals surface area contributed by atoms with E-state index in [0.717, 1.165) is 21.6 Å². The maximum Gasteiger partial charge on any atom is 0.328 e. The molecule has 3 aromatic rings. The number of benzene rings is 3. The maximum atomic E-state index is 13.9. The number of nitrogens with two attached hydrogens (primary N) is 1. The number of hydrogen-bond acceptors (Lipinski definition) is 5. The Morgan fingerprint density at radius 2 is 1.57 bits per heavy atom. The highest BCUT2D eigenvalue weighted by Crippen LogP contribution is 2.38. The lowest BCUT2D eigenvalue weighted by Gasteiger charge is -2.32. The molecular formula is C34H39N5O5. The van der Waals surface area contributed by atoms with Crippen LogP contribution in [0.5, 0.6) is 0 Å². The van der Waals surface area contributed by atoms with Crippen LogP contribution in [0.3, 0.4) is 0 Å². The minimum Gasteiger partial charge on any atom is -0.481 e. The molecule has 4 amide bonds. The number of urea groups is 1. The first-order chi connectivity index (χ1) is 20.7. The summed E-state index contributed by atoms with van der Waals surface area (Å²) < 4.78 is 0. The van der Waals surface area contributed by atoms with Gasteiger partial charge in [-0.1, -0.05) is 99.6 Å². The number of hydrogen-bond donors (Lipinski definition) is 4. The lowest BCUT2D eigenvalue weighted by molar-refractivity contribution is -0.142. The van der Waals surface area contributed by atoms with E-state index < -0.39 is 41.8 Å². The number of carbonyl (C=O) groups is 4. The Labute approximate surface area is 257 Å². The lowest BCUT2D eigenvalue weighted by Crippen LogP contribution is -2.45. The van der Waals surface area contributed by atoms with Crippen LogP contribution in [0.15, 0.2) is 78.9 Å². The molecule has 10 nitrogen and oxygen atoms in total. The number of amides is 4. The number of nitrogens with one attached hydrogen (secondary N) is 2. The number of rotatable bonds is 11. The number of imide groups is 1. The van der Waals surface area contributed by atoms with E-state index in [2.05, 4.69) is 26.1 Å². The standard InChI is InChI=1S/C34H39N5O5/c1-33(2,3)26-14-10-22(11-15-26)18-25(30(41)42)19-37-28(40)21-38-31(43)34(4,27-16-12-24(13-17-27)29(35)36)39(32(38)44)20-23-8-6-5-7-9-23/h5-17,25H,18-21H2,1-4H3,(H3,35,36)(H,37,40)(H,41,42). The smallest absolute Gasteiger partial charge is 0.328 e. The molecule has 0 aromatic heterocycles. The Kier molecular flexibility index (Phi) is 9.22. The van der Waals surface area contributed by atoms with Crippen LogP contribution in [0.25, 0.3) is 0 Å². The zero-order chi connectivity index (χ0) is 32.2. The molecule has 4 rings (SSSR count). The van der Waals surface area contributed by atoms with Crippen LogP contribution in [-0.4, -0.2) is 57.6 Å². The third kappa shape index (κ3) is 6.80. The molecule has 5 N–H and O–H groups in total. The van der Waals surface area contributed by atoms with Crippen molar-refractivity contribution in [1.29, 1.82) is 5.41 Å². The van der Waals surface area contributed by atoms with E-state index in [1.165, 1.54) is 4.90 Å². The Morgan fingerprint density at radius 3 is 2.11 bits per heavy atom. The molecule has 0 aliphatic carbocycles. The molecule has 2 atom stereocenters. The summed E-state index contributed by atoms with van der Waals surface area (Å²) in [4.78, 5) is 55.0. The highest BCUT2D eigenvalue weighted by atomic mass is 16.4. The maximum absolute atomic E-state index is 13.9. The van der Waals surface area contributed by atoms with Crippen molar-refractivity contribution in [2.24, 2.45) is 11.7 Å². The van der Waals surface area contributed by atoms with Gasteiger partial charge < -0.3 is 21.1 Å². The average molecular weight is 598 g/mol. The SMILES string of the molecule is CC(C)(C)c1ccc(CC(CNC(=O)CN2C(=O)N(Cc3ccccc3)C(C)(c3ccc(C(=N)N)cc3)C2=O)C(=O)O)cc1. The second-order valence-electron chi connectivity index (χ2n) is 12.3. The van der Waals surface area contributed by atoms with Crippen LogP contribution in [0.1, 0.15) is 55.5 Å². The fourth-order valence-electron chi connectivity index (χ4n) is 5.30. The Hall–Kier alpha value is -4.99. The van der Waals surface area contributed by atoms with Crippen molar-refractivity contribution >= 4 is 29.7 Å². The van der Waals surface area contributed by atoms with Crippen molar-refractivity contribution < 1.29 is 24.3 Å². The van der Waals surface area contributed by atoms with Crippen LogP contribution in [0.4, 0.5) is 4.79 Å². The number of nitrogen functional groups attached to an aromatic ring is 1. The first-order valence-electron chi connectivity index (χ1n) is 14.4. The normalized spacial score (nSPS) is 17.5. The Morgan fingerprint density at radius 1 is 0.955 bits per heavy atom. The van der Waals surface area contributed by atoms with Crippen molar-refractivity contribution in [3.05, 3.63) is 107 Å². The van der Waals surface area contributed by atoms with Crippen LogP contribution < -0.4 is 11.1 Å². The summed E-state index contributed by atoms with van der Waals surface area (Å²) in [6.07, 6.45) is 0.209. The predicted octanol–water partition coefficient (Wildman–Crippen LogP) is 4.01. The zero-order valence-electron chi connectivity index (χ0n) is 25.5. The summed E-state index contributed by atoms with van der Waals surface area (Å²) in [7, 11) is 0. The van der Waals surface area contributed by atoms with Crippen molar-refractivity contribution in [1.82, 2.24) is 15.1 Å². The van der Waals surface area contributed by atoms with E-state index >= 15 is 0 Å². The summed E-state index contributed by atoms with van der Waals surface area (Å²) in [6, 6.07) is 22.8. The molecule has 1 heterocycles. The second-order valence-corrected chi connectivity index (χ2v) is 12.3. The van der Waals surface area contributed by atoms with Gasteiger partial charge in [-0.05, 0) is 41.0 Å². The highest BCUT2D eigenvalue weighted by molar-refractivity contribution is 6.09. The van der Waals surface area contributed by atoms with Gasteiger partial charge in [-0.2, -0.15) is 0 Å². The van der Waals surface area contributed by atoms with Gasteiger partial charge in [0.05, 0.1) is 5.92 Å². The number of nitrogens with zero attached hydrogens (tertiary/aromatic N) is 2. The largest absolute Gasteiger partial charge is 0.481 e. The molecule has 0 spiro atoms. The Bertz CT molecular complexity index is 1550. The van der Waals surface area contributed by atoms with Gasteiger partial charge in [0.25, 0.3) is 5.91 Å². The summed E-state index contributed by atoms with van der Waals surface area (Å²) in [5.74, 6) is -3.32. The van der Waals surface area contributed by atoms with Gasteiger partial charge in [0.1, 0.15) is 17.9 Å². The molecule has 44 heavy (non-hydrogen) atoms. The monoisotopic (exact) mass is 597 g/mol. The Balaban J connectivity index is 1.50. The predicted molar refractivity (Wildman–Crippen MR) is 167 cm³/mol. The molecule has 230 valence electrons. The fraction of sp³-hybridized carbons (Fsp3) is 0.324. The van der Waals surface area contributed by atoms with Crippen molar-refractivity contribution in [2.75, 3.05) is 13.1 Å². The molecule has 1 fully saturated rings. The van der Waals surface area contributed by atoms with Crippen LogP contribution >= 0.6 is 0 Å². The number of carbonyl (C=O) groups excluding carboxylic acids is 3. The van der Waals surface area contributed by atoms with E-state index in [1.54, 1.807) is 31.2 Å². The summed E-state index contributed by atoms with van der Waals surface area (Å²) >= 11 is 0. The van der Waals surface area contributed by atoms with Gasteiger partial charge in [-0.15, -0.1) is 0 Å². The first kappa shape index (κ1) is 31.9. The topological polar surface area (TPSA) is 157 Å². The van der Waals surface area contributed by atoms with Crippen LogP contribution in [0.2, 0.25) is 0 Å². The molecule has 0 radical (unpaired) electrons.